The molecule has 4 aliphatic heterocycles. The number of fused-ring (bicyclic) bond motifs is 1. The molecular formula is C51H72N8O5. The summed E-state index contributed by atoms with van der Waals surface area (Å²) in [7, 11) is 7.13. The van der Waals surface area contributed by atoms with Gasteiger partial charge in [0.25, 0.3) is 5.56 Å². The Labute approximate surface area is 380 Å². The number of rotatable bonds is 16. The van der Waals surface area contributed by atoms with Crippen LogP contribution in [0, 0.1) is 17.3 Å². The minimum Gasteiger partial charge on any atom is -0.496 e. The molecule has 0 saturated carbocycles. The van der Waals surface area contributed by atoms with Crippen LogP contribution in [0.15, 0.2) is 53.6 Å². The summed E-state index contributed by atoms with van der Waals surface area (Å²) in [6.45, 7) is 18.7. The summed E-state index contributed by atoms with van der Waals surface area (Å²) in [4.78, 5) is 60.1. The fraction of sp³-hybridized carbons (Fsp3) is 0.549. The molecule has 4 saturated heterocycles. The van der Waals surface area contributed by atoms with E-state index in [4.69, 9.17) is 4.74 Å². The zero-order chi connectivity index (χ0) is 46.0. The molecular weight excluding hydrogens is 805 g/mol. The predicted molar refractivity (Wildman–Crippen MR) is 260 cm³/mol. The lowest BCUT2D eigenvalue weighted by molar-refractivity contribution is -0.124. The summed E-state index contributed by atoms with van der Waals surface area (Å²) in [5.74, 6) is 2.43. The molecule has 1 spiro atoms. The number of hydrogen-bond donors (Lipinski definition) is 2. The van der Waals surface area contributed by atoms with E-state index in [1.165, 1.54) is 55.7 Å². The predicted octanol–water partition coefficient (Wildman–Crippen LogP) is 7.03. The number of methoxy groups -OCH3 is 1. The molecule has 346 valence electrons. The van der Waals surface area contributed by atoms with Crippen LogP contribution in [-0.4, -0.2) is 118 Å². The third kappa shape index (κ3) is 10.8. The van der Waals surface area contributed by atoms with Crippen molar-refractivity contribution in [1.82, 2.24) is 24.7 Å². The van der Waals surface area contributed by atoms with Gasteiger partial charge in [0.1, 0.15) is 24.1 Å². The first-order chi connectivity index (χ1) is 31.0. The monoisotopic (exact) mass is 877 g/mol. The highest BCUT2D eigenvalue weighted by Gasteiger charge is 2.45. The van der Waals surface area contributed by atoms with Crippen LogP contribution in [0.4, 0.5) is 17.2 Å². The highest BCUT2D eigenvalue weighted by Crippen LogP contribution is 2.44. The second-order valence-corrected chi connectivity index (χ2v) is 18.1. The van der Waals surface area contributed by atoms with Gasteiger partial charge in [-0.25, -0.2) is 4.98 Å². The molecule has 4 fully saturated rings. The average molecular weight is 877 g/mol. The summed E-state index contributed by atoms with van der Waals surface area (Å²) in [5.41, 5.74) is 7.83. The molecule has 1 unspecified atom stereocenters. The molecule has 0 radical (unpaired) electrons. The standard InChI is InChI=1S/C42H53N7O3.C7H13NO2.C2H6/c1-5-7-30-8-9-33(16-32(30)26-50)49-27-42(28-49)10-14-46(15-11-42)21-29-22-47(23-29)25-37-38(43-2)17-31(18-39(37)52-4)36-24-45(3)41(51)35-20-44-40(19-34(35)36)48-12-6-13-48;1-6(4-3-5-9)7(10)8-2;1-2/h8-9,16-20,24,26,29,43H,5-7,10-15,21-23,25,27-28H2,1-4H3;5-6H,3-4H2,1-2H3,(H,8,10);1-2H3. The molecule has 8 rings (SSSR count). The number of aromatic nitrogens is 2. The van der Waals surface area contributed by atoms with E-state index in [0.717, 1.165) is 111 Å². The number of anilines is 3. The van der Waals surface area contributed by atoms with Crippen molar-refractivity contribution in [3.05, 3.63) is 75.8 Å². The van der Waals surface area contributed by atoms with Crippen molar-refractivity contribution in [1.29, 1.82) is 0 Å². The van der Waals surface area contributed by atoms with Crippen molar-refractivity contribution in [2.24, 2.45) is 24.3 Å². The van der Waals surface area contributed by atoms with Gasteiger partial charge in [-0.3, -0.25) is 19.3 Å². The normalized spacial score (nSPS) is 17.4. The summed E-state index contributed by atoms with van der Waals surface area (Å²) in [6, 6.07) is 12.9. The summed E-state index contributed by atoms with van der Waals surface area (Å²) in [5, 5.41) is 7.53. The summed E-state index contributed by atoms with van der Waals surface area (Å²) in [6.07, 6.45) is 12.3. The van der Waals surface area contributed by atoms with Gasteiger partial charge < -0.3 is 39.4 Å². The van der Waals surface area contributed by atoms with Gasteiger partial charge in [-0.05, 0) is 92.6 Å². The maximum atomic E-state index is 13.1. The molecule has 1 amide bonds. The van der Waals surface area contributed by atoms with Gasteiger partial charge in [-0.15, -0.1) is 0 Å². The summed E-state index contributed by atoms with van der Waals surface area (Å²) < 4.78 is 7.69. The first-order valence-corrected chi connectivity index (χ1v) is 23.6. The molecule has 2 N–H and O–H groups in total. The van der Waals surface area contributed by atoms with E-state index in [1.54, 1.807) is 24.9 Å². The molecule has 4 aliphatic rings. The zero-order valence-corrected chi connectivity index (χ0v) is 39.7. The molecule has 2 aromatic carbocycles. The lowest BCUT2D eigenvalue weighted by atomic mass is 9.71. The first-order valence-electron chi connectivity index (χ1n) is 23.6. The number of nitrogens with zero attached hydrogens (tertiary/aromatic N) is 6. The molecule has 6 heterocycles. The van der Waals surface area contributed by atoms with Crippen LogP contribution in [0.3, 0.4) is 0 Å². The molecule has 0 bridgehead atoms. The summed E-state index contributed by atoms with van der Waals surface area (Å²) >= 11 is 0. The van der Waals surface area contributed by atoms with E-state index in [0.29, 0.717) is 29.6 Å². The van der Waals surface area contributed by atoms with Crippen molar-refractivity contribution in [3.8, 4) is 16.9 Å². The van der Waals surface area contributed by atoms with Crippen LogP contribution in [-0.2, 0) is 29.6 Å². The van der Waals surface area contributed by atoms with Gasteiger partial charge in [0.2, 0.25) is 5.91 Å². The van der Waals surface area contributed by atoms with Crippen LogP contribution >= 0.6 is 0 Å². The number of carbonyl (C=O) groups is 3. The van der Waals surface area contributed by atoms with E-state index < -0.39 is 0 Å². The molecule has 2 aromatic heterocycles. The van der Waals surface area contributed by atoms with Gasteiger partial charge >= 0.3 is 0 Å². The zero-order valence-electron chi connectivity index (χ0n) is 39.7. The highest BCUT2D eigenvalue weighted by molar-refractivity contribution is 5.97. The minimum absolute atomic E-state index is 0.00171. The molecule has 13 heteroatoms. The van der Waals surface area contributed by atoms with E-state index in [-0.39, 0.29) is 17.4 Å². The number of likely N-dealkylation sites (tertiary alicyclic amines) is 2. The third-order valence-corrected chi connectivity index (χ3v) is 13.7. The quantitative estimate of drug-likeness (QED) is 0.113. The topological polar surface area (TPSA) is 132 Å². The second kappa shape index (κ2) is 22.1. The number of benzene rings is 2. The minimum atomic E-state index is -0.0461. The third-order valence-electron chi connectivity index (χ3n) is 13.7. The Bertz CT molecular complexity index is 2260. The number of piperidine rings is 1. The average Bonchev–Trinajstić information content (AvgIpc) is 3.28. The Morgan fingerprint density at radius 2 is 1.72 bits per heavy atom. The lowest BCUT2D eigenvalue weighted by Crippen LogP contribution is -2.61. The van der Waals surface area contributed by atoms with Gasteiger partial charge in [-0.2, -0.15) is 0 Å². The number of aldehydes is 2. The van der Waals surface area contributed by atoms with Gasteiger partial charge in [0, 0.05) is 137 Å². The van der Waals surface area contributed by atoms with Crippen LogP contribution in [0.25, 0.3) is 21.9 Å². The van der Waals surface area contributed by atoms with E-state index >= 15 is 0 Å². The van der Waals surface area contributed by atoms with Crippen LogP contribution in [0.2, 0.25) is 0 Å². The van der Waals surface area contributed by atoms with Crippen LogP contribution < -0.4 is 30.7 Å². The first kappa shape index (κ1) is 48.2. The van der Waals surface area contributed by atoms with E-state index in [9.17, 15) is 19.2 Å². The van der Waals surface area contributed by atoms with Crippen molar-refractivity contribution >= 4 is 46.4 Å². The Hall–Kier alpha value is -5.27. The van der Waals surface area contributed by atoms with Crippen LogP contribution in [0.5, 0.6) is 5.75 Å². The molecule has 0 aliphatic carbocycles. The Morgan fingerprint density at radius 3 is 2.33 bits per heavy atom. The van der Waals surface area contributed by atoms with E-state index in [1.807, 2.05) is 41.1 Å². The number of amides is 1. The lowest BCUT2D eigenvalue weighted by Gasteiger charge is -2.55. The van der Waals surface area contributed by atoms with Crippen LogP contribution in [0.1, 0.15) is 87.7 Å². The largest absolute Gasteiger partial charge is 0.496 e. The number of hydrogen-bond acceptors (Lipinski definition) is 11. The van der Waals surface area contributed by atoms with Crippen molar-refractivity contribution in [2.45, 2.75) is 79.2 Å². The molecule has 13 nitrogen and oxygen atoms in total. The van der Waals surface area contributed by atoms with Crippen molar-refractivity contribution in [2.75, 3.05) is 95.2 Å². The molecule has 1 atom stereocenters. The van der Waals surface area contributed by atoms with Gasteiger partial charge in [-0.1, -0.05) is 40.2 Å². The number of nitrogens with one attached hydrogen (secondary N) is 2. The Kier molecular flexibility index (Phi) is 16.6. The SMILES string of the molecule is CC.CCCc1ccc(N2CC3(CCN(CC4CN(Cc5c(NC)cc(-c6cn(C)c(=O)c7cnc(N8CCC8)cc67)cc5OC)C4)CC3)C2)cc1C=O.CNC(=O)C(C)CCC=O. The fourth-order valence-corrected chi connectivity index (χ4v) is 9.73. The molecule has 4 aromatic rings. The smallest absolute Gasteiger partial charge is 0.259 e. The fourth-order valence-electron chi connectivity index (χ4n) is 9.73. The maximum absolute atomic E-state index is 13.1. The van der Waals surface area contributed by atoms with Gasteiger partial charge in [0.15, 0.2) is 0 Å². The Balaban J connectivity index is 0.000000503. The Morgan fingerprint density at radius 1 is 0.984 bits per heavy atom. The van der Waals surface area contributed by atoms with Gasteiger partial charge in [0.05, 0.1) is 12.5 Å². The molecule has 64 heavy (non-hydrogen) atoms. The maximum Gasteiger partial charge on any atom is 0.259 e. The number of pyridine rings is 2. The second-order valence-electron chi connectivity index (χ2n) is 18.1. The highest BCUT2D eigenvalue weighted by atomic mass is 16.5. The number of ether oxygens (including phenoxy) is 1. The van der Waals surface area contributed by atoms with Crippen molar-refractivity contribution < 1.29 is 19.1 Å². The van der Waals surface area contributed by atoms with Crippen molar-refractivity contribution in [3.63, 3.8) is 0 Å². The number of aryl methyl sites for hydroxylation is 2. The number of carbonyl (C=O) groups excluding carboxylic acids is 3. The van der Waals surface area contributed by atoms with E-state index in [2.05, 4.69) is 78.5 Å².